The molecule has 1 aromatic heterocycles. The highest BCUT2D eigenvalue weighted by atomic mass is 32.1. The van der Waals surface area contributed by atoms with Gasteiger partial charge in [-0.1, -0.05) is 23.5 Å². The van der Waals surface area contributed by atoms with E-state index in [1.165, 1.54) is 6.20 Å². The highest BCUT2D eigenvalue weighted by Crippen LogP contribution is 2.26. The summed E-state index contributed by atoms with van der Waals surface area (Å²) in [6, 6.07) is 6.70. The van der Waals surface area contributed by atoms with Gasteiger partial charge in [-0.15, -0.1) is 4.91 Å². The fourth-order valence-corrected chi connectivity index (χ4v) is 1.82. The number of nitrogen functional groups attached to an aromatic ring is 1. The van der Waals surface area contributed by atoms with Crippen LogP contribution in [0.25, 0.3) is 0 Å². The average Bonchev–Trinajstić information content (AvgIpc) is 2.77. The normalized spacial score (nSPS) is 9.88. The molecule has 0 radical (unpaired) electrons. The minimum Gasteiger partial charge on any atom is -0.398 e. The molecule has 3 N–H and O–H groups in total. The van der Waals surface area contributed by atoms with Gasteiger partial charge in [-0.2, -0.15) is 0 Å². The maximum absolute atomic E-state index is 11.8. The topological polar surface area (TPSA) is 97.4 Å². The maximum atomic E-state index is 11.8. The standard InChI is InChI=1S/C10H8N4O2S/c11-7-4-2-1-3-6(7)9(15)13-10-12-5-8(14-16)17-10/h1-5H,11H2,(H,12,13,15). The molecule has 0 aliphatic rings. The summed E-state index contributed by atoms with van der Waals surface area (Å²) in [5.74, 6) is -0.366. The molecule has 17 heavy (non-hydrogen) atoms. The molecule has 0 saturated carbocycles. The van der Waals surface area contributed by atoms with Crippen LogP contribution >= 0.6 is 11.3 Å². The first-order chi connectivity index (χ1) is 8.20. The fraction of sp³-hybridized carbons (Fsp3) is 0. The maximum Gasteiger partial charge on any atom is 0.259 e. The van der Waals surface area contributed by atoms with Crippen molar-refractivity contribution in [1.29, 1.82) is 0 Å². The van der Waals surface area contributed by atoms with Gasteiger partial charge >= 0.3 is 0 Å². The quantitative estimate of drug-likeness (QED) is 0.643. The van der Waals surface area contributed by atoms with E-state index in [1.54, 1.807) is 24.3 Å². The molecule has 2 aromatic rings. The van der Waals surface area contributed by atoms with Gasteiger partial charge in [-0.05, 0) is 17.3 Å². The smallest absolute Gasteiger partial charge is 0.259 e. The van der Waals surface area contributed by atoms with Crippen molar-refractivity contribution in [1.82, 2.24) is 4.98 Å². The Hall–Kier alpha value is -2.28. The molecule has 0 aliphatic heterocycles. The molecule has 0 aliphatic carbocycles. The number of nitrogens with one attached hydrogen (secondary N) is 1. The summed E-state index contributed by atoms with van der Waals surface area (Å²) >= 11 is 0.999. The van der Waals surface area contributed by atoms with Crippen molar-refractivity contribution in [3.8, 4) is 0 Å². The predicted molar refractivity (Wildman–Crippen MR) is 66.4 cm³/mol. The van der Waals surface area contributed by atoms with E-state index in [9.17, 15) is 9.70 Å². The summed E-state index contributed by atoms with van der Waals surface area (Å²) in [6.45, 7) is 0. The van der Waals surface area contributed by atoms with Crippen LogP contribution in [0.1, 0.15) is 10.4 Å². The number of thiazole rings is 1. The van der Waals surface area contributed by atoms with Crippen LogP contribution in [0.2, 0.25) is 0 Å². The van der Waals surface area contributed by atoms with E-state index in [4.69, 9.17) is 5.73 Å². The Morgan fingerprint density at radius 2 is 2.18 bits per heavy atom. The Morgan fingerprint density at radius 3 is 2.82 bits per heavy atom. The lowest BCUT2D eigenvalue weighted by Gasteiger charge is -2.03. The third-order valence-electron chi connectivity index (χ3n) is 2.01. The van der Waals surface area contributed by atoms with Gasteiger partial charge in [0.15, 0.2) is 10.1 Å². The lowest BCUT2D eigenvalue weighted by Crippen LogP contribution is -2.13. The number of benzene rings is 1. The van der Waals surface area contributed by atoms with E-state index < -0.39 is 0 Å². The summed E-state index contributed by atoms with van der Waals surface area (Å²) in [6.07, 6.45) is 1.29. The SMILES string of the molecule is Nc1ccccc1C(=O)Nc1ncc(N=O)s1. The number of amides is 1. The molecule has 0 spiro atoms. The first-order valence-corrected chi connectivity index (χ1v) is 5.47. The molecule has 1 aromatic carbocycles. The Bertz CT molecular complexity index is 567. The lowest BCUT2D eigenvalue weighted by atomic mass is 10.2. The molecular formula is C10H8N4O2S. The van der Waals surface area contributed by atoms with Gasteiger partial charge in [0.1, 0.15) is 0 Å². The molecule has 1 amide bonds. The molecule has 6 nitrogen and oxygen atoms in total. The van der Waals surface area contributed by atoms with Crippen LogP contribution in [-0.2, 0) is 0 Å². The Labute approximate surface area is 100 Å². The largest absolute Gasteiger partial charge is 0.398 e. The van der Waals surface area contributed by atoms with Gasteiger partial charge in [0, 0.05) is 5.69 Å². The number of carbonyl (C=O) groups excluding carboxylic acids is 1. The summed E-state index contributed by atoms with van der Waals surface area (Å²) in [4.78, 5) is 25.9. The van der Waals surface area contributed by atoms with Crippen molar-refractivity contribution in [2.24, 2.45) is 5.18 Å². The highest BCUT2D eigenvalue weighted by Gasteiger charge is 2.11. The minimum atomic E-state index is -0.366. The van der Waals surface area contributed by atoms with Crippen molar-refractivity contribution in [2.45, 2.75) is 0 Å². The number of para-hydroxylation sites is 1. The Morgan fingerprint density at radius 1 is 1.41 bits per heavy atom. The van der Waals surface area contributed by atoms with Crippen LogP contribution in [0.4, 0.5) is 15.8 Å². The minimum absolute atomic E-state index is 0.210. The summed E-state index contributed by atoms with van der Waals surface area (Å²) < 4.78 is 0. The molecule has 7 heteroatoms. The molecule has 0 bridgehead atoms. The van der Waals surface area contributed by atoms with Crippen LogP contribution in [0.5, 0.6) is 0 Å². The van der Waals surface area contributed by atoms with Gasteiger partial charge in [-0.25, -0.2) is 4.98 Å². The molecule has 1 heterocycles. The lowest BCUT2D eigenvalue weighted by molar-refractivity contribution is 0.102. The fourth-order valence-electron chi connectivity index (χ4n) is 1.23. The van der Waals surface area contributed by atoms with E-state index in [2.05, 4.69) is 15.5 Å². The zero-order valence-corrected chi connectivity index (χ0v) is 9.40. The zero-order valence-electron chi connectivity index (χ0n) is 8.58. The van der Waals surface area contributed by atoms with Gasteiger partial charge in [-0.3, -0.25) is 10.1 Å². The second kappa shape index (κ2) is 4.71. The van der Waals surface area contributed by atoms with Crippen molar-refractivity contribution in [3.63, 3.8) is 0 Å². The van der Waals surface area contributed by atoms with Crippen molar-refractivity contribution < 1.29 is 4.79 Å². The number of rotatable bonds is 3. The van der Waals surface area contributed by atoms with Gasteiger partial charge in [0.25, 0.3) is 5.91 Å². The number of hydrogen-bond acceptors (Lipinski definition) is 6. The molecule has 0 unspecified atom stereocenters. The van der Waals surface area contributed by atoms with E-state index in [0.29, 0.717) is 16.4 Å². The molecular weight excluding hydrogens is 240 g/mol. The zero-order chi connectivity index (χ0) is 12.3. The second-order valence-corrected chi connectivity index (χ2v) is 4.15. The number of nitrogens with two attached hydrogens (primary N) is 1. The van der Waals surface area contributed by atoms with Gasteiger partial charge in [0.05, 0.1) is 11.8 Å². The average molecular weight is 248 g/mol. The van der Waals surface area contributed by atoms with Crippen LogP contribution in [-0.4, -0.2) is 10.9 Å². The van der Waals surface area contributed by atoms with E-state index in [-0.39, 0.29) is 10.9 Å². The van der Waals surface area contributed by atoms with E-state index in [0.717, 1.165) is 11.3 Å². The third-order valence-corrected chi connectivity index (χ3v) is 2.80. The van der Waals surface area contributed by atoms with Crippen molar-refractivity contribution in [3.05, 3.63) is 40.9 Å². The molecule has 0 fully saturated rings. The molecule has 86 valence electrons. The third kappa shape index (κ3) is 2.45. The predicted octanol–water partition coefficient (Wildman–Crippen LogP) is 2.38. The second-order valence-electron chi connectivity index (χ2n) is 3.14. The van der Waals surface area contributed by atoms with Crippen LogP contribution in [0.15, 0.2) is 35.6 Å². The van der Waals surface area contributed by atoms with Crippen LogP contribution < -0.4 is 11.1 Å². The summed E-state index contributed by atoms with van der Waals surface area (Å²) in [5.41, 5.74) is 6.41. The van der Waals surface area contributed by atoms with Crippen molar-refractivity contribution in [2.75, 3.05) is 11.1 Å². The first-order valence-electron chi connectivity index (χ1n) is 4.66. The van der Waals surface area contributed by atoms with Gasteiger partial charge < -0.3 is 5.73 Å². The van der Waals surface area contributed by atoms with E-state index in [1.807, 2.05) is 0 Å². The summed E-state index contributed by atoms with van der Waals surface area (Å²) in [5, 5.41) is 5.78. The Kier molecular flexibility index (Phi) is 3.10. The first kappa shape index (κ1) is 11.2. The monoisotopic (exact) mass is 248 g/mol. The number of nitrogens with zero attached hydrogens (tertiary/aromatic N) is 2. The van der Waals surface area contributed by atoms with Gasteiger partial charge in [0.2, 0.25) is 0 Å². The molecule has 0 atom stereocenters. The number of hydrogen-bond donors (Lipinski definition) is 2. The van der Waals surface area contributed by atoms with Crippen LogP contribution in [0.3, 0.4) is 0 Å². The number of aromatic nitrogens is 1. The van der Waals surface area contributed by atoms with Crippen LogP contribution in [0, 0.1) is 4.91 Å². The number of carbonyl (C=O) groups is 1. The Balaban J connectivity index is 2.17. The number of anilines is 2. The molecule has 2 rings (SSSR count). The highest BCUT2D eigenvalue weighted by molar-refractivity contribution is 7.19. The van der Waals surface area contributed by atoms with Crippen molar-refractivity contribution >= 4 is 33.1 Å². The number of nitroso groups, excluding NO2 is 1. The summed E-state index contributed by atoms with van der Waals surface area (Å²) in [7, 11) is 0. The van der Waals surface area contributed by atoms with E-state index >= 15 is 0 Å². The molecule has 0 saturated heterocycles.